The van der Waals surface area contributed by atoms with Gasteiger partial charge in [0.15, 0.2) is 0 Å². The molecular weight excluding hydrogens is 300 g/mol. The fourth-order valence-corrected chi connectivity index (χ4v) is 2.17. The van der Waals surface area contributed by atoms with Gasteiger partial charge in [0.05, 0.1) is 13.2 Å². The Morgan fingerprint density at radius 1 is 1.08 bits per heavy atom. The number of para-hydroxylation sites is 1. The average Bonchev–Trinajstić information content (AvgIpc) is 2.60. The van der Waals surface area contributed by atoms with Gasteiger partial charge in [-0.3, -0.25) is 4.79 Å². The molecule has 0 saturated heterocycles. The van der Waals surface area contributed by atoms with Gasteiger partial charge in [-0.05, 0) is 48.7 Å². The van der Waals surface area contributed by atoms with Crippen LogP contribution in [0.1, 0.15) is 20.3 Å². The van der Waals surface area contributed by atoms with E-state index in [2.05, 4.69) is 19.2 Å². The minimum Gasteiger partial charge on any atom is -0.494 e. The normalized spacial score (nSPS) is 10.5. The van der Waals surface area contributed by atoms with Crippen LogP contribution in [0.3, 0.4) is 0 Å². The molecule has 4 nitrogen and oxygen atoms in total. The van der Waals surface area contributed by atoms with Crippen LogP contribution in [-0.4, -0.2) is 26.1 Å². The summed E-state index contributed by atoms with van der Waals surface area (Å²) in [6, 6.07) is 17.3. The number of rotatable bonds is 8. The number of hydrogen-bond acceptors (Lipinski definition) is 3. The molecule has 0 fully saturated rings. The van der Waals surface area contributed by atoms with E-state index in [9.17, 15) is 4.79 Å². The van der Waals surface area contributed by atoms with Crippen LogP contribution in [-0.2, 0) is 4.79 Å². The maximum Gasteiger partial charge on any atom is 0.246 e. The molecule has 2 aromatic carbocycles. The van der Waals surface area contributed by atoms with Crippen molar-refractivity contribution < 1.29 is 9.53 Å². The number of carbonyl (C=O) groups is 1. The van der Waals surface area contributed by atoms with Crippen molar-refractivity contribution in [2.75, 3.05) is 30.4 Å². The van der Waals surface area contributed by atoms with E-state index in [0.717, 1.165) is 30.2 Å². The monoisotopic (exact) mass is 326 g/mol. The van der Waals surface area contributed by atoms with Gasteiger partial charge in [0.25, 0.3) is 0 Å². The van der Waals surface area contributed by atoms with Crippen LogP contribution in [0.15, 0.2) is 54.6 Å². The van der Waals surface area contributed by atoms with Crippen molar-refractivity contribution in [2.24, 2.45) is 5.92 Å². The number of nitrogens with one attached hydrogen (secondary N) is 1. The molecule has 0 unspecified atom stereocenters. The van der Waals surface area contributed by atoms with Crippen LogP contribution < -0.4 is 15.0 Å². The first-order valence-electron chi connectivity index (χ1n) is 8.34. The molecule has 0 aromatic heterocycles. The summed E-state index contributed by atoms with van der Waals surface area (Å²) < 4.78 is 5.69. The number of likely N-dealkylation sites (N-methyl/N-ethyl adjacent to an activating group) is 1. The van der Waals surface area contributed by atoms with E-state index in [1.165, 1.54) is 0 Å². The minimum atomic E-state index is 0.0125. The highest BCUT2D eigenvalue weighted by atomic mass is 16.5. The molecule has 24 heavy (non-hydrogen) atoms. The average molecular weight is 326 g/mol. The molecule has 0 saturated carbocycles. The Labute approximate surface area is 144 Å². The van der Waals surface area contributed by atoms with E-state index < -0.39 is 0 Å². The summed E-state index contributed by atoms with van der Waals surface area (Å²) in [6.45, 7) is 5.34. The number of hydrogen-bond donors (Lipinski definition) is 1. The molecule has 2 aromatic rings. The van der Waals surface area contributed by atoms with Crippen LogP contribution in [0.5, 0.6) is 5.75 Å². The molecule has 0 spiro atoms. The lowest BCUT2D eigenvalue weighted by Crippen LogP contribution is -2.32. The van der Waals surface area contributed by atoms with Gasteiger partial charge in [-0.15, -0.1) is 0 Å². The minimum absolute atomic E-state index is 0.0125. The van der Waals surface area contributed by atoms with E-state index in [1.807, 2.05) is 54.6 Å². The summed E-state index contributed by atoms with van der Waals surface area (Å²) in [7, 11) is 1.78. The zero-order chi connectivity index (χ0) is 17.4. The number of benzene rings is 2. The third-order valence-electron chi connectivity index (χ3n) is 3.78. The summed E-state index contributed by atoms with van der Waals surface area (Å²) in [5.41, 5.74) is 1.79. The fourth-order valence-electron chi connectivity index (χ4n) is 2.17. The van der Waals surface area contributed by atoms with Gasteiger partial charge >= 0.3 is 0 Å². The van der Waals surface area contributed by atoms with Gasteiger partial charge in [-0.25, -0.2) is 0 Å². The van der Waals surface area contributed by atoms with E-state index in [1.54, 1.807) is 11.9 Å². The van der Waals surface area contributed by atoms with E-state index in [0.29, 0.717) is 5.92 Å². The van der Waals surface area contributed by atoms with Gasteiger partial charge in [-0.1, -0.05) is 32.0 Å². The van der Waals surface area contributed by atoms with Crippen molar-refractivity contribution in [1.29, 1.82) is 0 Å². The van der Waals surface area contributed by atoms with Crippen LogP contribution in [0, 0.1) is 5.92 Å². The molecule has 0 aliphatic heterocycles. The molecular formula is C20H26N2O2. The van der Waals surface area contributed by atoms with E-state index >= 15 is 0 Å². The molecule has 0 radical (unpaired) electrons. The SMILES string of the molecule is CC(C)CCOc1ccc(NCC(=O)N(C)c2ccccc2)cc1. The molecule has 128 valence electrons. The zero-order valence-electron chi connectivity index (χ0n) is 14.7. The summed E-state index contributed by atoms with van der Waals surface area (Å²) in [5, 5.41) is 3.15. The van der Waals surface area contributed by atoms with Gasteiger partial charge in [0, 0.05) is 18.4 Å². The zero-order valence-corrected chi connectivity index (χ0v) is 14.7. The van der Waals surface area contributed by atoms with Crippen molar-refractivity contribution in [3.8, 4) is 5.75 Å². The third-order valence-corrected chi connectivity index (χ3v) is 3.78. The Bertz CT molecular complexity index is 624. The van der Waals surface area contributed by atoms with E-state index in [4.69, 9.17) is 4.74 Å². The predicted molar refractivity (Wildman–Crippen MR) is 99.7 cm³/mol. The van der Waals surface area contributed by atoms with Crippen molar-refractivity contribution in [1.82, 2.24) is 0 Å². The van der Waals surface area contributed by atoms with Crippen molar-refractivity contribution in [3.63, 3.8) is 0 Å². The van der Waals surface area contributed by atoms with Crippen molar-refractivity contribution >= 4 is 17.3 Å². The molecule has 0 bridgehead atoms. The summed E-state index contributed by atoms with van der Waals surface area (Å²) >= 11 is 0. The molecule has 0 heterocycles. The lowest BCUT2D eigenvalue weighted by Gasteiger charge is -2.18. The first kappa shape index (κ1) is 17.9. The molecule has 0 aliphatic carbocycles. The number of carbonyl (C=O) groups excluding carboxylic acids is 1. The first-order valence-corrected chi connectivity index (χ1v) is 8.34. The maximum absolute atomic E-state index is 12.2. The Hall–Kier alpha value is -2.49. The summed E-state index contributed by atoms with van der Waals surface area (Å²) in [6.07, 6.45) is 1.04. The Morgan fingerprint density at radius 3 is 2.38 bits per heavy atom. The summed E-state index contributed by atoms with van der Waals surface area (Å²) in [4.78, 5) is 13.9. The quantitative estimate of drug-likeness (QED) is 0.791. The molecule has 1 amide bonds. The van der Waals surface area contributed by atoms with Gasteiger partial charge < -0.3 is 15.0 Å². The van der Waals surface area contributed by atoms with Crippen LogP contribution >= 0.6 is 0 Å². The molecule has 0 aliphatic rings. The Morgan fingerprint density at radius 2 is 1.75 bits per heavy atom. The second-order valence-electron chi connectivity index (χ2n) is 6.20. The van der Waals surface area contributed by atoms with Crippen molar-refractivity contribution in [2.45, 2.75) is 20.3 Å². The fraction of sp³-hybridized carbons (Fsp3) is 0.350. The molecule has 1 N–H and O–H groups in total. The van der Waals surface area contributed by atoms with Crippen LogP contribution in [0.4, 0.5) is 11.4 Å². The lowest BCUT2D eigenvalue weighted by atomic mass is 10.1. The Kier molecular flexibility index (Phi) is 6.67. The largest absolute Gasteiger partial charge is 0.494 e. The topological polar surface area (TPSA) is 41.6 Å². The van der Waals surface area contributed by atoms with E-state index in [-0.39, 0.29) is 12.5 Å². The molecule has 2 rings (SSSR count). The van der Waals surface area contributed by atoms with Gasteiger partial charge in [0.1, 0.15) is 5.75 Å². The summed E-state index contributed by atoms with van der Waals surface area (Å²) in [5.74, 6) is 1.51. The number of ether oxygens (including phenoxy) is 1. The maximum atomic E-state index is 12.2. The Balaban J connectivity index is 1.80. The van der Waals surface area contributed by atoms with Crippen LogP contribution in [0.25, 0.3) is 0 Å². The number of amides is 1. The predicted octanol–water partition coefficient (Wildman–Crippen LogP) is 4.19. The lowest BCUT2D eigenvalue weighted by molar-refractivity contribution is -0.116. The van der Waals surface area contributed by atoms with Gasteiger partial charge in [0.2, 0.25) is 5.91 Å². The highest BCUT2D eigenvalue weighted by Gasteiger charge is 2.10. The molecule has 4 heteroatoms. The second kappa shape index (κ2) is 8.96. The molecule has 0 atom stereocenters. The highest BCUT2D eigenvalue weighted by molar-refractivity contribution is 5.95. The highest BCUT2D eigenvalue weighted by Crippen LogP contribution is 2.17. The van der Waals surface area contributed by atoms with Gasteiger partial charge in [-0.2, -0.15) is 0 Å². The standard InChI is InChI=1S/C20H26N2O2/c1-16(2)13-14-24-19-11-9-17(10-12-19)21-15-20(23)22(3)18-7-5-4-6-8-18/h4-12,16,21H,13-15H2,1-3H3. The number of nitrogens with zero attached hydrogens (tertiary/aromatic N) is 1. The smallest absolute Gasteiger partial charge is 0.246 e. The van der Waals surface area contributed by atoms with Crippen molar-refractivity contribution in [3.05, 3.63) is 54.6 Å². The second-order valence-corrected chi connectivity index (χ2v) is 6.20. The third kappa shape index (κ3) is 5.61. The number of anilines is 2. The van der Waals surface area contributed by atoms with Crippen LogP contribution in [0.2, 0.25) is 0 Å². The first-order chi connectivity index (χ1) is 11.6.